The van der Waals surface area contributed by atoms with Gasteiger partial charge >= 0.3 is 17.9 Å². The van der Waals surface area contributed by atoms with Gasteiger partial charge in [-0.25, -0.2) is 0 Å². The fraction of sp³-hybridized carbons (Fsp3) is 0.645. The van der Waals surface area contributed by atoms with Crippen molar-refractivity contribution in [2.45, 2.75) is 303 Å². The van der Waals surface area contributed by atoms with Gasteiger partial charge < -0.3 is 14.2 Å². The zero-order chi connectivity index (χ0) is 59.2. The highest BCUT2D eigenvalue weighted by molar-refractivity contribution is 5.71. The lowest BCUT2D eigenvalue weighted by Crippen LogP contribution is -2.30. The average Bonchev–Trinajstić information content (AvgIpc) is 3.47. The minimum absolute atomic E-state index is 0.0884. The molecule has 0 rings (SSSR count). The van der Waals surface area contributed by atoms with Crippen LogP contribution in [0.4, 0.5) is 0 Å². The molecule has 0 aromatic rings. The molecule has 0 amide bonds. The van der Waals surface area contributed by atoms with Gasteiger partial charge in [0.1, 0.15) is 13.2 Å². The van der Waals surface area contributed by atoms with Gasteiger partial charge in [-0.15, -0.1) is 0 Å². The summed E-state index contributed by atoms with van der Waals surface area (Å²) in [7, 11) is 0. The monoisotopic (exact) mass is 1130 g/mol. The summed E-state index contributed by atoms with van der Waals surface area (Å²) in [5.41, 5.74) is 0. The first-order valence-corrected chi connectivity index (χ1v) is 33.8. The van der Waals surface area contributed by atoms with E-state index in [0.717, 1.165) is 154 Å². The van der Waals surface area contributed by atoms with Gasteiger partial charge in [-0.2, -0.15) is 0 Å². The third kappa shape index (κ3) is 66.1. The van der Waals surface area contributed by atoms with Gasteiger partial charge in [0, 0.05) is 19.3 Å². The van der Waals surface area contributed by atoms with Crippen molar-refractivity contribution in [3.05, 3.63) is 146 Å². The topological polar surface area (TPSA) is 78.9 Å². The van der Waals surface area contributed by atoms with Gasteiger partial charge in [-0.05, 0) is 122 Å². The van der Waals surface area contributed by atoms with Gasteiger partial charge in [-0.3, -0.25) is 14.4 Å². The Bertz CT molecular complexity index is 1780. The van der Waals surface area contributed by atoms with Crippen molar-refractivity contribution in [2.75, 3.05) is 13.2 Å². The fourth-order valence-corrected chi connectivity index (χ4v) is 9.10. The summed E-state index contributed by atoms with van der Waals surface area (Å²) in [5, 5.41) is 0. The number of carbonyl (C=O) groups is 3. The van der Waals surface area contributed by atoms with Gasteiger partial charge in [0.2, 0.25) is 0 Å². The lowest BCUT2D eigenvalue weighted by Gasteiger charge is -2.18. The van der Waals surface area contributed by atoms with Gasteiger partial charge in [0.05, 0.1) is 0 Å². The molecule has 0 saturated carbocycles. The first-order chi connectivity index (χ1) is 40.5. The Morgan fingerprint density at radius 1 is 0.256 bits per heavy atom. The Labute approximate surface area is 506 Å². The smallest absolute Gasteiger partial charge is 0.306 e. The van der Waals surface area contributed by atoms with E-state index in [1.165, 1.54) is 103 Å². The van der Waals surface area contributed by atoms with Crippen LogP contribution in [-0.2, 0) is 28.6 Å². The Morgan fingerprint density at radius 3 is 0.744 bits per heavy atom. The van der Waals surface area contributed by atoms with Crippen molar-refractivity contribution < 1.29 is 28.6 Å². The third-order valence-corrected chi connectivity index (χ3v) is 14.1. The molecule has 0 aromatic heterocycles. The molecule has 0 fully saturated rings. The fourth-order valence-electron chi connectivity index (χ4n) is 9.10. The van der Waals surface area contributed by atoms with Crippen LogP contribution in [0.3, 0.4) is 0 Å². The number of unbranched alkanes of at least 4 members (excludes halogenated alkanes) is 25. The minimum atomic E-state index is -0.791. The number of esters is 3. The van der Waals surface area contributed by atoms with Crippen LogP contribution in [0.25, 0.3) is 0 Å². The molecule has 0 aromatic carbocycles. The maximum absolute atomic E-state index is 12.9. The molecule has 6 nitrogen and oxygen atoms in total. The van der Waals surface area contributed by atoms with Gasteiger partial charge in [0.15, 0.2) is 6.10 Å². The van der Waals surface area contributed by atoms with Crippen molar-refractivity contribution in [2.24, 2.45) is 0 Å². The molecular formula is C76H124O6. The molecule has 0 aliphatic carbocycles. The summed E-state index contributed by atoms with van der Waals surface area (Å²) >= 11 is 0. The molecule has 0 aliphatic rings. The van der Waals surface area contributed by atoms with Crippen LogP contribution in [-0.4, -0.2) is 37.2 Å². The number of rotatable bonds is 60. The van der Waals surface area contributed by atoms with Crippen molar-refractivity contribution in [3.8, 4) is 0 Å². The minimum Gasteiger partial charge on any atom is -0.462 e. The first kappa shape index (κ1) is 77.3. The van der Waals surface area contributed by atoms with E-state index >= 15 is 0 Å². The van der Waals surface area contributed by atoms with E-state index in [-0.39, 0.29) is 31.1 Å². The van der Waals surface area contributed by atoms with E-state index in [2.05, 4.69) is 167 Å². The zero-order valence-electron chi connectivity index (χ0n) is 53.2. The zero-order valence-corrected chi connectivity index (χ0v) is 53.2. The second kappa shape index (κ2) is 68.8. The third-order valence-electron chi connectivity index (χ3n) is 14.1. The highest BCUT2D eigenvalue weighted by Gasteiger charge is 2.19. The maximum atomic E-state index is 12.9. The average molecular weight is 1130 g/mol. The van der Waals surface area contributed by atoms with Gasteiger partial charge in [0.25, 0.3) is 0 Å². The standard InChI is InChI=1S/C76H124O6/c1-4-7-10-13-16-18-20-22-24-26-28-30-32-34-36-37-38-39-41-42-44-46-48-50-52-54-56-58-60-63-66-69-75(78)81-72-73(71-80-74(77)68-65-62-15-12-9-6-3)82-76(79)70-67-64-61-59-57-55-53-51-49-47-45-43-40-35-33-31-29-27-25-23-21-19-17-14-11-8-5-2/h7-8,10-11,16-19,22-25,28-31,34-36,40,45,47,51,53,73H,4-6,9,12-15,20-21,26-27,32-33,37-39,41-44,46,48-50,52,54-72H2,1-3H3/b10-7-,11-8-,18-16-,19-17-,24-22-,25-23-,30-28-,31-29-,36-34-,40-35-,47-45-,53-51-. The summed E-state index contributed by atoms with van der Waals surface area (Å²) in [4.78, 5) is 38.1. The van der Waals surface area contributed by atoms with E-state index in [9.17, 15) is 14.4 Å². The molecule has 1 unspecified atom stereocenters. The summed E-state index contributed by atoms with van der Waals surface area (Å²) in [6.07, 6.45) is 99.0. The number of hydrogen-bond acceptors (Lipinski definition) is 6. The van der Waals surface area contributed by atoms with Gasteiger partial charge in [-0.1, -0.05) is 301 Å². The predicted octanol–water partition coefficient (Wildman–Crippen LogP) is 23.5. The summed E-state index contributed by atoms with van der Waals surface area (Å²) in [5.74, 6) is -0.915. The van der Waals surface area contributed by atoms with E-state index in [4.69, 9.17) is 14.2 Å². The second-order valence-corrected chi connectivity index (χ2v) is 22.0. The normalized spacial score (nSPS) is 13.1. The van der Waals surface area contributed by atoms with E-state index < -0.39 is 6.10 Å². The van der Waals surface area contributed by atoms with Crippen molar-refractivity contribution >= 4 is 17.9 Å². The Hall–Kier alpha value is -4.71. The molecule has 0 heterocycles. The Balaban J connectivity index is 4.12. The Morgan fingerprint density at radius 2 is 0.476 bits per heavy atom. The molecule has 0 N–H and O–H groups in total. The molecule has 0 aliphatic heterocycles. The van der Waals surface area contributed by atoms with Crippen LogP contribution in [0.1, 0.15) is 297 Å². The molecule has 1 atom stereocenters. The molecule has 0 saturated heterocycles. The largest absolute Gasteiger partial charge is 0.462 e. The summed E-state index contributed by atoms with van der Waals surface area (Å²) < 4.78 is 16.8. The number of allylic oxidation sites excluding steroid dienone is 24. The lowest BCUT2D eigenvalue weighted by atomic mass is 10.0. The van der Waals surface area contributed by atoms with Crippen molar-refractivity contribution in [3.63, 3.8) is 0 Å². The SMILES string of the molecule is CC/C=C\C/C=C\C/C=C\C/C=C\C/C=C\C/C=C\C/C=C\CCCCCCCC(=O)OC(COC(=O)CCCCCCCC)COC(=O)CCCCCCCCCCCCCCCCC/C=C\C/C=C\C/C=C\C/C=C\C/C=C\CC. The van der Waals surface area contributed by atoms with Crippen molar-refractivity contribution in [1.82, 2.24) is 0 Å². The van der Waals surface area contributed by atoms with E-state index in [1.54, 1.807) is 0 Å². The van der Waals surface area contributed by atoms with Crippen LogP contribution < -0.4 is 0 Å². The number of carbonyl (C=O) groups excluding carboxylic acids is 3. The quantitative estimate of drug-likeness (QED) is 0.0261. The maximum Gasteiger partial charge on any atom is 0.306 e. The van der Waals surface area contributed by atoms with Crippen LogP contribution in [0.5, 0.6) is 0 Å². The molecule has 82 heavy (non-hydrogen) atoms. The Kier molecular flexibility index (Phi) is 64.8. The highest BCUT2D eigenvalue weighted by Crippen LogP contribution is 2.16. The summed E-state index contributed by atoms with van der Waals surface area (Å²) in [6, 6.07) is 0. The molecule has 0 bridgehead atoms. The molecular weight excluding hydrogens is 1010 g/mol. The van der Waals surface area contributed by atoms with Crippen LogP contribution in [0.15, 0.2) is 146 Å². The van der Waals surface area contributed by atoms with Crippen LogP contribution in [0.2, 0.25) is 0 Å². The van der Waals surface area contributed by atoms with E-state index in [1.807, 2.05) is 0 Å². The highest BCUT2D eigenvalue weighted by atomic mass is 16.6. The molecule has 464 valence electrons. The number of hydrogen-bond donors (Lipinski definition) is 0. The predicted molar refractivity (Wildman–Crippen MR) is 357 cm³/mol. The van der Waals surface area contributed by atoms with Crippen LogP contribution >= 0.6 is 0 Å². The lowest BCUT2D eigenvalue weighted by molar-refractivity contribution is -0.167. The summed E-state index contributed by atoms with van der Waals surface area (Å²) in [6.45, 7) is 6.34. The first-order valence-electron chi connectivity index (χ1n) is 33.8. The molecule has 0 spiro atoms. The van der Waals surface area contributed by atoms with E-state index in [0.29, 0.717) is 19.3 Å². The number of ether oxygens (including phenoxy) is 3. The molecule has 6 heteroatoms. The van der Waals surface area contributed by atoms with Crippen LogP contribution in [0, 0.1) is 0 Å². The van der Waals surface area contributed by atoms with Crippen molar-refractivity contribution in [1.29, 1.82) is 0 Å². The second-order valence-electron chi connectivity index (χ2n) is 22.0. The molecule has 0 radical (unpaired) electrons.